The van der Waals surface area contributed by atoms with Crippen molar-refractivity contribution in [3.8, 4) is 0 Å². The highest BCUT2D eigenvalue weighted by Gasteiger charge is 2.36. The summed E-state index contributed by atoms with van der Waals surface area (Å²) >= 11 is 0. The minimum absolute atomic E-state index is 0.306. The van der Waals surface area contributed by atoms with Crippen LogP contribution >= 0.6 is 0 Å². The molecule has 0 aromatic heterocycles. The Balaban J connectivity index is 2.53. The maximum absolute atomic E-state index is 5.78. The third-order valence-electron chi connectivity index (χ3n) is 4.28. The maximum Gasteiger partial charge on any atom is 0.0314 e. The van der Waals surface area contributed by atoms with Gasteiger partial charge in [0.25, 0.3) is 0 Å². The largest absolute Gasteiger partial charge is 0.399 e. The summed E-state index contributed by atoms with van der Waals surface area (Å²) in [6, 6.07) is 6.55. The van der Waals surface area contributed by atoms with Gasteiger partial charge in [-0.05, 0) is 46.9 Å². The Bertz CT molecular complexity index is 431. The zero-order valence-corrected chi connectivity index (χ0v) is 10.5. The van der Waals surface area contributed by atoms with E-state index in [-0.39, 0.29) is 0 Å². The van der Waals surface area contributed by atoms with Gasteiger partial charge in [0, 0.05) is 5.70 Å². The van der Waals surface area contributed by atoms with Crippen molar-refractivity contribution in [1.82, 2.24) is 0 Å². The Labute approximate surface area is 98.4 Å². The van der Waals surface area contributed by atoms with E-state index in [1.807, 2.05) is 0 Å². The molecule has 1 aliphatic rings. The molecule has 0 heterocycles. The molecule has 1 aromatic rings. The average molecular weight is 215 g/mol. The molecule has 2 rings (SSSR count). The lowest BCUT2D eigenvalue weighted by Crippen LogP contribution is -2.25. The first-order valence-electron chi connectivity index (χ1n) is 6.03. The van der Waals surface area contributed by atoms with Crippen LogP contribution in [0, 0.1) is 5.92 Å². The molecule has 1 aromatic carbocycles. The lowest BCUT2D eigenvalue weighted by Gasteiger charge is -2.30. The highest BCUT2D eigenvalue weighted by Crippen LogP contribution is 2.44. The van der Waals surface area contributed by atoms with Crippen LogP contribution < -0.4 is 5.73 Å². The summed E-state index contributed by atoms with van der Waals surface area (Å²) < 4.78 is 0. The Kier molecular flexibility index (Phi) is 2.57. The number of rotatable bonds is 2. The minimum Gasteiger partial charge on any atom is -0.399 e. The fourth-order valence-electron chi connectivity index (χ4n) is 2.65. The number of aryl methyl sites for hydroxylation is 1. The van der Waals surface area contributed by atoms with Gasteiger partial charge in [-0.15, -0.1) is 0 Å². The van der Waals surface area contributed by atoms with Crippen LogP contribution in [0.4, 0.5) is 0 Å². The summed E-state index contributed by atoms with van der Waals surface area (Å²) in [4.78, 5) is 0. The lowest BCUT2D eigenvalue weighted by atomic mass is 9.74. The maximum atomic E-state index is 5.78. The standard InChI is InChI=1S/C15H21N/c1-10(2)15(4)8-7-12-5-6-13(11(3)16)9-14(12)15/h5-6,9-10H,3,7-8,16H2,1-2,4H3. The van der Waals surface area contributed by atoms with Gasteiger partial charge in [-0.25, -0.2) is 0 Å². The summed E-state index contributed by atoms with van der Waals surface area (Å²) in [5, 5.41) is 0. The summed E-state index contributed by atoms with van der Waals surface area (Å²) in [6.45, 7) is 10.8. The molecule has 1 aliphatic carbocycles. The number of benzene rings is 1. The normalized spacial score (nSPS) is 23.5. The first kappa shape index (κ1) is 11.3. The topological polar surface area (TPSA) is 26.0 Å². The van der Waals surface area contributed by atoms with E-state index in [1.165, 1.54) is 24.0 Å². The third kappa shape index (κ3) is 1.55. The van der Waals surface area contributed by atoms with E-state index in [1.54, 1.807) is 0 Å². The van der Waals surface area contributed by atoms with Crippen LogP contribution in [0.3, 0.4) is 0 Å². The molecule has 16 heavy (non-hydrogen) atoms. The monoisotopic (exact) mass is 215 g/mol. The van der Waals surface area contributed by atoms with Crippen molar-refractivity contribution >= 4 is 5.70 Å². The van der Waals surface area contributed by atoms with Crippen molar-refractivity contribution in [3.05, 3.63) is 41.5 Å². The second-order valence-corrected chi connectivity index (χ2v) is 5.47. The molecule has 0 saturated heterocycles. The van der Waals surface area contributed by atoms with E-state index >= 15 is 0 Å². The highest BCUT2D eigenvalue weighted by molar-refractivity contribution is 5.62. The van der Waals surface area contributed by atoms with E-state index in [2.05, 4.69) is 45.5 Å². The molecule has 1 atom stereocenters. The molecular formula is C15H21N. The van der Waals surface area contributed by atoms with E-state index < -0.39 is 0 Å². The van der Waals surface area contributed by atoms with E-state index in [4.69, 9.17) is 5.73 Å². The number of hydrogen-bond donors (Lipinski definition) is 1. The fraction of sp³-hybridized carbons (Fsp3) is 0.467. The van der Waals surface area contributed by atoms with Gasteiger partial charge in [-0.1, -0.05) is 39.5 Å². The van der Waals surface area contributed by atoms with Crippen molar-refractivity contribution in [2.75, 3.05) is 0 Å². The predicted molar refractivity (Wildman–Crippen MR) is 70.2 cm³/mol. The van der Waals surface area contributed by atoms with Crippen molar-refractivity contribution in [2.24, 2.45) is 11.7 Å². The predicted octanol–water partition coefficient (Wildman–Crippen LogP) is 3.48. The average Bonchev–Trinajstić information content (AvgIpc) is 2.57. The SMILES string of the molecule is C=C(N)c1ccc2c(c1)C(C)(C(C)C)CC2. The quantitative estimate of drug-likeness (QED) is 0.803. The smallest absolute Gasteiger partial charge is 0.0314 e. The Hall–Kier alpha value is -1.24. The van der Waals surface area contributed by atoms with E-state index in [0.29, 0.717) is 17.0 Å². The second-order valence-electron chi connectivity index (χ2n) is 5.47. The van der Waals surface area contributed by atoms with Gasteiger partial charge < -0.3 is 5.73 Å². The van der Waals surface area contributed by atoms with Gasteiger partial charge in [0.1, 0.15) is 0 Å². The summed E-state index contributed by atoms with van der Waals surface area (Å²) in [5.74, 6) is 0.662. The van der Waals surface area contributed by atoms with Gasteiger partial charge in [-0.3, -0.25) is 0 Å². The van der Waals surface area contributed by atoms with Crippen LogP contribution in [0.2, 0.25) is 0 Å². The first-order chi connectivity index (χ1) is 7.45. The summed E-state index contributed by atoms with van der Waals surface area (Å²) in [5.41, 5.74) is 10.8. The van der Waals surface area contributed by atoms with E-state index in [9.17, 15) is 0 Å². The first-order valence-corrected chi connectivity index (χ1v) is 6.03. The Morgan fingerprint density at radius 2 is 2.12 bits per heavy atom. The van der Waals surface area contributed by atoms with Crippen molar-refractivity contribution in [3.63, 3.8) is 0 Å². The van der Waals surface area contributed by atoms with Gasteiger partial charge in [-0.2, -0.15) is 0 Å². The molecule has 0 radical (unpaired) electrons. The molecule has 0 bridgehead atoms. The number of hydrogen-bond acceptors (Lipinski definition) is 1. The molecule has 1 heteroatoms. The molecule has 1 nitrogen and oxygen atoms in total. The van der Waals surface area contributed by atoms with Crippen LogP contribution in [0.25, 0.3) is 5.70 Å². The third-order valence-corrected chi connectivity index (χ3v) is 4.28. The molecule has 2 N–H and O–H groups in total. The van der Waals surface area contributed by atoms with Crippen molar-refractivity contribution in [2.45, 2.75) is 39.0 Å². The number of nitrogens with two attached hydrogens (primary N) is 1. The minimum atomic E-state index is 0.306. The second kappa shape index (κ2) is 3.65. The van der Waals surface area contributed by atoms with Crippen LogP contribution in [0.1, 0.15) is 43.9 Å². The Morgan fingerprint density at radius 1 is 1.44 bits per heavy atom. The van der Waals surface area contributed by atoms with Gasteiger partial charge >= 0.3 is 0 Å². The molecule has 1 unspecified atom stereocenters. The van der Waals surface area contributed by atoms with Crippen LogP contribution in [0.5, 0.6) is 0 Å². The van der Waals surface area contributed by atoms with Crippen LogP contribution in [0.15, 0.2) is 24.8 Å². The van der Waals surface area contributed by atoms with Gasteiger partial charge in [0.15, 0.2) is 0 Å². The molecule has 0 spiro atoms. The zero-order valence-electron chi connectivity index (χ0n) is 10.5. The van der Waals surface area contributed by atoms with Crippen LogP contribution in [-0.4, -0.2) is 0 Å². The van der Waals surface area contributed by atoms with Gasteiger partial charge in [0.2, 0.25) is 0 Å². The lowest BCUT2D eigenvalue weighted by molar-refractivity contribution is 0.337. The molecular weight excluding hydrogens is 194 g/mol. The molecule has 0 fully saturated rings. The van der Waals surface area contributed by atoms with E-state index in [0.717, 1.165) is 5.56 Å². The van der Waals surface area contributed by atoms with Gasteiger partial charge in [0.05, 0.1) is 0 Å². The highest BCUT2D eigenvalue weighted by atomic mass is 14.6. The summed E-state index contributed by atoms with van der Waals surface area (Å²) in [6.07, 6.45) is 2.45. The molecule has 0 saturated carbocycles. The van der Waals surface area contributed by atoms with Crippen molar-refractivity contribution < 1.29 is 0 Å². The van der Waals surface area contributed by atoms with Crippen molar-refractivity contribution in [1.29, 1.82) is 0 Å². The summed E-state index contributed by atoms with van der Waals surface area (Å²) in [7, 11) is 0. The fourth-order valence-corrected chi connectivity index (χ4v) is 2.65. The zero-order chi connectivity index (χ0) is 11.9. The molecule has 0 aliphatic heterocycles. The molecule has 86 valence electrons. The molecule has 0 amide bonds. The number of fused-ring (bicyclic) bond motifs is 1. The van der Waals surface area contributed by atoms with Crippen LogP contribution in [-0.2, 0) is 11.8 Å². The Morgan fingerprint density at radius 3 is 2.69 bits per heavy atom.